The SMILES string of the molecule is OC(=CCC1CCCC1)[C@H]1[C@@H]2CC(CCCCCOCc3ccccc3)=C[C@@H]2C[C@@H]1OC1CCCCO1. The summed E-state index contributed by atoms with van der Waals surface area (Å²) in [6.45, 7) is 2.35. The number of aliphatic hydroxyl groups excluding tert-OH is 1. The molecule has 4 aliphatic rings. The lowest BCUT2D eigenvalue weighted by molar-refractivity contribution is -0.195. The summed E-state index contributed by atoms with van der Waals surface area (Å²) in [5.74, 6) is 2.50. The predicted octanol–water partition coefficient (Wildman–Crippen LogP) is 8.28. The van der Waals surface area contributed by atoms with Gasteiger partial charge in [-0.3, -0.25) is 0 Å². The van der Waals surface area contributed by atoms with E-state index in [1.165, 1.54) is 56.9 Å². The van der Waals surface area contributed by atoms with Crippen molar-refractivity contribution < 1.29 is 19.3 Å². The molecule has 1 unspecified atom stereocenters. The number of benzene rings is 1. The Balaban J connectivity index is 1.09. The minimum Gasteiger partial charge on any atom is -0.512 e. The first kappa shape index (κ1) is 27.0. The van der Waals surface area contributed by atoms with Gasteiger partial charge in [0.1, 0.15) is 0 Å². The molecule has 1 heterocycles. The Bertz CT molecular complexity index is 866. The third kappa shape index (κ3) is 7.71. The first-order valence-corrected chi connectivity index (χ1v) is 15.2. The monoisotopic (exact) mass is 508 g/mol. The largest absolute Gasteiger partial charge is 0.512 e. The molecule has 0 spiro atoms. The molecular weight excluding hydrogens is 460 g/mol. The first-order chi connectivity index (χ1) is 18.3. The fraction of sp³-hybridized carbons (Fsp3) is 0.697. The van der Waals surface area contributed by atoms with Crippen molar-refractivity contribution in [3.63, 3.8) is 0 Å². The van der Waals surface area contributed by atoms with Crippen LogP contribution in [0.5, 0.6) is 0 Å². The molecule has 37 heavy (non-hydrogen) atoms. The van der Waals surface area contributed by atoms with Crippen molar-refractivity contribution in [1.82, 2.24) is 0 Å². The predicted molar refractivity (Wildman–Crippen MR) is 148 cm³/mol. The van der Waals surface area contributed by atoms with Gasteiger partial charge in [-0.2, -0.15) is 0 Å². The van der Waals surface area contributed by atoms with Crippen molar-refractivity contribution in [1.29, 1.82) is 0 Å². The van der Waals surface area contributed by atoms with E-state index in [9.17, 15) is 5.11 Å². The van der Waals surface area contributed by atoms with Crippen molar-refractivity contribution in [2.24, 2.45) is 23.7 Å². The van der Waals surface area contributed by atoms with Gasteiger partial charge in [-0.15, -0.1) is 0 Å². The second-order valence-corrected chi connectivity index (χ2v) is 12.0. The summed E-state index contributed by atoms with van der Waals surface area (Å²) in [4.78, 5) is 0. The Hall–Kier alpha value is -1.62. The van der Waals surface area contributed by atoms with Crippen molar-refractivity contribution in [3.05, 3.63) is 59.4 Å². The molecule has 4 nitrogen and oxygen atoms in total. The average molecular weight is 509 g/mol. The summed E-state index contributed by atoms with van der Waals surface area (Å²) in [7, 11) is 0. The Morgan fingerprint density at radius 3 is 2.65 bits per heavy atom. The van der Waals surface area contributed by atoms with Crippen LogP contribution >= 0.6 is 0 Å². The van der Waals surface area contributed by atoms with Crippen LogP contribution in [0.4, 0.5) is 0 Å². The molecule has 0 radical (unpaired) electrons. The molecule has 3 aliphatic carbocycles. The number of ether oxygens (including phenoxy) is 3. The highest BCUT2D eigenvalue weighted by Gasteiger charge is 2.48. The highest BCUT2D eigenvalue weighted by atomic mass is 16.7. The summed E-state index contributed by atoms with van der Waals surface area (Å²) < 4.78 is 18.3. The highest BCUT2D eigenvalue weighted by Crippen LogP contribution is 2.51. The fourth-order valence-corrected chi connectivity index (χ4v) is 7.19. The molecular formula is C33H48O4. The summed E-state index contributed by atoms with van der Waals surface area (Å²) in [6.07, 6.45) is 21.2. The molecule has 2 saturated carbocycles. The standard InChI is InChI=1S/C33H48O4/c34-30(18-17-25-11-6-7-12-25)33-29-22-27(15-5-2-9-19-35-24-26-13-3-1-4-14-26)21-28(29)23-31(33)37-32-16-8-10-20-36-32/h1,3-4,13-14,18,21,25,28-29,31-34H,2,5-12,15-17,19-20,22-24H2/t28-,29-,31+,32?,33-/m1/s1. The maximum Gasteiger partial charge on any atom is 0.157 e. The molecule has 1 saturated heterocycles. The van der Waals surface area contributed by atoms with Gasteiger partial charge in [0.15, 0.2) is 6.29 Å². The van der Waals surface area contributed by atoms with Crippen molar-refractivity contribution in [2.45, 2.75) is 109 Å². The van der Waals surface area contributed by atoms with Crippen LogP contribution in [0.25, 0.3) is 0 Å². The van der Waals surface area contributed by atoms with Gasteiger partial charge in [0.05, 0.1) is 18.5 Å². The van der Waals surface area contributed by atoms with Crippen LogP contribution in [0, 0.1) is 23.7 Å². The number of hydrogen-bond acceptors (Lipinski definition) is 4. The normalized spacial score (nSPS) is 30.5. The lowest BCUT2D eigenvalue weighted by Crippen LogP contribution is -2.32. The van der Waals surface area contributed by atoms with E-state index >= 15 is 0 Å². The van der Waals surface area contributed by atoms with E-state index in [-0.39, 0.29) is 18.3 Å². The Labute approximate surface area is 224 Å². The van der Waals surface area contributed by atoms with Crippen LogP contribution in [0.2, 0.25) is 0 Å². The number of rotatable bonds is 13. The van der Waals surface area contributed by atoms with Gasteiger partial charge in [0.25, 0.3) is 0 Å². The van der Waals surface area contributed by atoms with Crippen LogP contribution in [-0.4, -0.2) is 30.7 Å². The summed E-state index contributed by atoms with van der Waals surface area (Å²) in [6, 6.07) is 10.4. The molecule has 5 atom stereocenters. The number of hydrogen-bond donors (Lipinski definition) is 1. The molecule has 1 aliphatic heterocycles. The number of allylic oxidation sites excluding steroid dienone is 3. The smallest absolute Gasteiger partial charge is 0.157 e. The molecule has 3 fully saturated rings. The molecule has 0 bridgehead atoms. The molecule has 1 aromatic rings. The second kappa shape index (κ2) is 14.0. The molecule has 0 amide bonds. The van der Waals surface area contributed by atoms with Crippen LogP contribution in [0.15, 0.2) is 53.8 Å². The highest BCUT2D eigenvalue weighted by molar-refractivity contribution is 5.22. The Morgan fingerprint density at radius 1 is 1.00 bits per heavy atom. The average Bonchev–Trinajstić information content (AvgIpc) is 3.65. The van der Waals surface area contributed by atoms with Crippen molar-refractivity contribution >= 4 is 0 Å². The van der Waals surface area contributed by atoms with Gasteiger partial charge in [0, 0.05) is 19.1 Å². The summed E-state index contributed by atoms with van der Waals surface area (Å²) in [5.41, 5.74) is 2.85. The molecule has 0 aromatic heterocycles. The molecule has 1 N–H and O–H groups in total. The zero-order valence-electron chi connectivity index (χ0n) is 22.7. The van der Waals surface area contributed by atoms with E-state index in [2.05, 4.69) is 36.4 Å². The molecule has 204 valence electrons. The van der Waals surface area contributed by atoms with Gasteiger partial charge in [-0.25, -0.2) is 0 Å². The lowest BCUT2D eigenvalue weighted by Gasteiger charge is -2.30. The van der Waals surface area contributed by atoms with Gasteiger partial charge in [-0.1, -0.05) is 74.1 Å². The van der Waals surface area contributed by atoms with Gasteiger partial charge in [0.2, 0.25) is 0 Å². The van der Waals surface area contributed by atoms with E-state index in [1.54, 1.807) is 5.57 Å². The second-order valence-electron chi connectivity index (χ2n) is 12.0. The van der Waals surface area contributed by atoms with E-state index in [0.717, 1.165) is 57.7 Å². The van der Waals surface area contributed by atoms with Crippen LogP contribution in [0.1, 0.15) is 95.5 Å². The molecule has 1 aromatic carbocycles. The van der Waals surface area contributed by atoms with E-state index in [4.69, 9.17) is 14.2 Å². The Morgan fingerprint density at radius 2 is 1.84 bits per heavy atom. The Kier molecular flexibility index (Phi) is 10.2. The van der Waals surface area contributed by atoms with Crippen LogP contribution in [0.3, 0.4) is 0 Å². The minimum atomic E-state index is -0.0877. The van der Waals surface area contributed by atoms with Crippen LogP contribution < -0.4 is 0 Å². The quantitative estimate of drug-likeness (QED) is 0.165. The summed E-state index contributed by atoms with van der Waals surface area (Å²) in [5, 5.41) is 11.3. The van der Waals surface area contributed by atoms with Crippen LogP contribution in [-0.2, 0) is 20.8 Å². The van der Waals surface area contributed by atoms with E-state index in [1.807, 2.05) is 6.07 Å². The van der Waals surface area contributed by atoms with Crippen molar-refractivity contribution in [2.75, 3.05) is 13.2 Å². The minimum absolute atomic E-state index is 0.0810. The van der Waals surface area contributed by atoms with Gasteiger partial charge in [-0.05, 0) is 87.2 Å². The lowest BCUT2D eigenvalue weighted by atomic mass is 9.86. The van der Waals surface area contributed by atoms with Crippen molar-refractivity contribution in [3.8, 4) is 0 Å². The molecule has 5 rings (SSSR count). The third-order valence-corrected chi connectivity index (χ3v) is 9.20. The van der Waals surface area contributed by atoms with E-state index < -0.39 is 0 Å². The van der Waals surface area contributed by atoms with Gasteiger partial charge >= 0.3 is 0 Å². The number of fused-ring (bicyclic) bond motifs is 1. The van der Waals surface area contributed by atoms with E-state index in [0.29, 0.717) is 24.2 Å². The number of aliphatic hydroxyl groups is 1. The first-order valence-electron chi connectivity index (χ1n) is 15.2. The summed E-state index contributed by atoms with van der Waals surface area (Å²) >= 11 is 0. The molecule has 4 heteroatoms. The maximum atomic E-state index is 11.3. The maximum absolute atomic E-state index is 11.3. The zero-order chi connectivity index (χ0) is 25.3. The zero-order valence-corrected chi connectivity index (χ0v) is 22.7. The third-order valence-electron chi connectivity index (χ3n) is 9.20. The topological polar surface area (TPSA) is 47.9 Å². The fourth-order valence-electron chi connectivity index (χ4n) is 7.19. The number of unbranched alkanes of at least 4 members (excludes halogenated alkanes) is 2. The van der Waals surface area contributed by atoms with Gasteiger partial charge < -0.3 is 19.3 Å².